The van der Waals surface area contributed by atoms with Crippen molar-refractivity contribution in [2.75, 3.05) is 26.5 Å². The lowest BCUT2D eigenvalue weighted by Gasteiger charge is -2.16. The Morgan fingerprint density at radius 2 is 1.59 bits per heavy atom. The smallest absolute Gasteiger partial charge is 0.258 e. The van der Waals surface area contributed by atoms with Crippen molar-refractivity contribution in [1.82, 2.24) is 9.62 Å². The van der Waals surface area contributed by atoms with E-state index in [1.54, 1.807) is 24.3 Å². The Bertz CT molecular complexity index is 896. The summed E-state index contributed by atoms with van der Waals surface area (Å²) in [4.78, 5) is 12.2. The van der Waals surface area contributed by atoms with E-state index >= 15 is 0 Å². The molecule has 0 saturated heterocycles. The third-order valence-electron chi connectivity index (χ3n) is 4.33. The standard InChI is InChI=1S/C21H28N2O5S/c1-5-27-19-12-8-18(9-13-19)16(2)22-21(24)15-28-20-10-6-17(7-11-20)14-23(3)29(4,25)26/h6-13,16H,5,14-15H2,1-4H3,(H,22,24)/t16-/m0/s1. The van der Waals surface area contributed by atoms with Crippen LogP contribution in [0.15, 0.2) is 48.5 Å². The van der Waals surface area contributed by atoms with Gasteiger partial charge in [0, 0.05) is 13.6 Å². The SMILES string of the molecule is CCOc1ccc([C@H](C)NC(=O)COc2ccc(CN(C)S(C)(=O)=O)cc2)cc1. The molecule has 0 bridgehead atoms. The van der Waals surface area contributed by atoms with E-state index in [0.29, 0.717) is 12.4 Å². The Labute approximate surface area is 172 Å². The first-order valence-corrected chi connectivity index (χ1v) is 11.2. The van der Waals surface area contributed by atoms with Gasteiger partial charge in [0.1, 0.15) is 11.5 Å². The minimum Gasteiger partial charge on any atom is -0.494 e. The van der Waals surface area contributed by atoms with Crippen molar-refractivity contribution in [3.05, 3.63) is 59.7 Å². The largest absolute Gasteiger partial charge is 0.494 e. The number of amides is 1. The predicted molar refractivity (Wildman–Crippen MR) is 112 cm³/mol. The lowest BCUT2D eigenvalue weighted by atomic mass is 10.1. The van der Waals surface area contributed by atoms with Gasteiger partial charge in [-0.15, -0.1) is 0 Å². The van der Waals surface area contributed by atoms with E-state index in [0.717, 1.165) is 23.1 Å². The fourth-order valence-corrected chi connectivity index (χ4v) is 2.98. The van der Waals surface area contributed by atoms with Gasteiger partial charge in [0.15, 0.2) is 6.61 Å². The normalized spacial score (nSPS) is 12.4. The molecule has 0 fully saturated rings. The average molecular weight is 421 g/mol. The maximum Gasteiger partial charge on any atom is 0.258 e. The zero-order chi connectivity index (χ0) is 21.4. The van der Waals surface area contributed by atoms with Gasteiger partial charge in [-0.25, -0.2) is 12.7 Å². The van der Waals surface area contributed by atoms with Crippen LogP contribution in [-0.2, 0) is 21.4 Å². The van der Waals surface area contributed by atoms with Gasteiger partial charge in [-0.1, -0.05) is 24.3 Å². The molecule has 2 rings (SSSR count). The Balaban J connectivity index is 1.82. The molecule has 7 nitrogen and oxygen atoms in total. The summed E-state index contributed by atoms with van der Waals surface area (Å²) in [5.41, 5.74) is 1.81. The first-order valence-electron chi connectivity index (χ1n) is 9.34. The number of nitrogens with zero attached hydrogens (tertiary/aromatic N) is 1. The van der Waals surface area contributed by atoms with Crippen LogP contribution in [0.2, 0.25) is 0 Å². The van der Waals surface area contributed by atoms with Crippen LogP contribution in [0.1, 0.15) is 31.0 Å². The molecule has 8 heteroatoms. The third kappa shape index (κ3) is 7.40. The quantitative estimate of drug-likeness (QED) is 0.639. The number of benzene rings is 2. The molecule has 0 saturated carbocycles. The van der Waals surface area contributed by atoms with Gasteiger partial charge in [-0.05, 0) is 49.2 Å². The number of carbonyl (C=O) groups is 1. The van der Waals surface area contributed by atoms with E-state index in [-0.39, 0.29) is 25.1 Å². The number of nitrogens with one attached hydrogen (secondary N) is 1. The summed E-state index contributed by atoms with van der Waals surface area (Å²) in [6.07, 6.45) is 1.16. The maximum atomic E-state index is 12.2. The van der Waals surface area contributed by atoms with Crippen molar-refractivity contribution in [1.29, 1.82) is 0 Å². The Morgan fingerprint density at radius 1 is 1.03 bits per heavy atom. The molecular formula is C21H28N2O5S. The average Bonchev–Trinajstić information content (AvgIpc) is 2.67. The summed E-state index contributed by atoms with van der Waals surface area (Å²) in [5.74, 6) is 1.11. The first-order chi connectivity index (χ1) is 13.7. The number of hydrogen-bond donors (Lipinski definition) is 1. The van der Waals surface area contributed by atoms with Crippen LogP contribution in [0.5, 0.6) is 11.5 Å². The molecule has 1 N–H and O–H groups in total. The molecule has 0 spiro atoms. The molecule has 2 aromatic carbocycles. The lowest BCUT2D eigenvalue weighted by Crippen LogP contribution is -2.31. The molecule has 158 valence electrons. The molecule has 0 heterocycles. The molecule has 1 atom stereocenters. The number of rotatable bonds is 10. The van der Waals surface area contributed by atoms with Crippen LogP contribution in [-0.4, -0.2) is 45.1 Å². The Kier molecular flexibility index (Phi) is 8.04. The predicted octanol–water partition coefficient (Wildman–Crippen LogP) is 2.73. The second kappa shape index (κ2) is 10.3. The van der Waals surface area contributed by atoms with Gasteiger partial charge in [0.2, 0.25) is 10.0 Å². The summed E-state index contributed by atoms with van der Waals surface area (Å²) >= 11 is 0. The monoisotopic (exact) mass is 420 g/mol. The van der Waals surface area contributed by atoms with Gasteiger partial charge < -0.3 is 14.8 Å². The molecule has 2 aromatic rings. The number of ether oxygens (including phenoxy) is 2. The Hall–Kier alpha value is -2.58. The highest BCUT2D eigenvalue weighted by Crippen LogP contribution is 2.18. The van der Waals surface area contributed by atoms with Crippen LogP contribution in [0.3, 0.4) is 0 Å². The zero-order valence-corrected chi connectivity index (χ0v) is 18.0. The van der Waals surface area contributed by atoms with Crippen molar-refractivity contribution in [3.63, 3.8) is 0 Å². The highest BCUT2D eigenvalue weighted by molar-refractivity contribution is 7.88. The number of hydrogen-bond acceptors (Lipinski definition) is 5. The van der Waals surface area contributed by atoms with Crippen LogP contribution in [0.4, 0.5) is 0 Å². The van der Waals surface area contributed by atoms with Crippen LogP contribution in [0, 0.1) is 0 Å². The fourth-order valence-electron chi connectivity index (χ4n) is 2.60. The highest BCUT2D eigenvalue weighted by atomic mass is 32.2. The summed E-state index contributed by atoms with van der Waals surface area (Å²) in [5, 5.41) is 2.89. The molecule has 29 heavy (non-hydrogen) atoms. The second-order valence-electron chi connectivity index (χ2n) is 6.74. The molecule has 0 aliphatic carbocycles. The molecule has 0 aliphatic rings. The fraction of sp³-hybridized carbons (Fsp3) is 0.381. The summed E-state index contributed by atoms with van der Waals surface area (Å²) in [7, 11) is -1.71. The van der Waals surface area contributed by atoms with Crippen molar-refractivity contribution in [2.24, 2.45) is 0 Å². The van der Waals surface area contributed by atoms with Crippen molar-refractivity contribution >= 4 is 15.9 Å². The molecule has 1 amide bonds. The minimum absolute atomic E-state index is 0.107. The number of sulfonamides is 1. The summed E-state index contributed by atoms with van der Waals surface area (Å²) in [6, 6.07) is 14.4. The summed E-state index contributed by atoms with van der Waals surface area (Å²) in [6.45, 7) is 4.61. The molecule has 0 aliphatic heterocycles. The molecule has 0 unspecified atom stereocenters. The highest BCUT2D eigenvalue weighted by Gasteiger charge is 2.12. The Morgan fingerprint density at radius 3 is 2.14 bits per heavy atom. The van der Waals surface area contributed by atoms with E-state index < -0.39 is 10.0 Å². The van der Waals surface area contributed by atoms with E-state index in [9.17, 15) is 13.2 Å². The van der Waals surface area contributed by atoms with Gasteiger partial charge >= 0.3 is 0 Å². The van der Waals surface area contributed by atoms with Gasteiger partial charge in [0.05, 0.1) is 18.9 Å². The molecular weight excluding hydrogens is 392 g/mol. The topological polar surface area (TPSA) is 84.9 Å². The number of carbonyl (C=O) groups excluding carboxylic acids is 1. The van der Waals surface area contributed by atoms with Gasteiger partial charge in [0.25, 0.3) is 5.91 Å². The minimum atomic E-state index is -3.23. The van der Waals surface area contributed by atoms with Gasteiger partial charge in [-0.3, -0.25) is 4.79 Å². The zero-order valence-electron chi connectivity index (χ0n) is 17.2. The van der Waals surface area contributed by atoms with Crippen molar-refractivity contribution < 1.29 is 22.7 Å². The summed E-state index contributed by atoms with van der Waals surface area (Å²) < 4.78 is 35.1. The van der Waals surface area contributed by atoms with E-state index in [4.69, 9.17) is 9.47 Å². The van der Waals surface area contributed by atoms with Crippen LogP contribution >= 0.6 is 0 Å². The first kappa shape index (κ1) is 22.7. The van der Waals surface area contributed by atoms with Gasteiger partial charge in [-0.2, -0.15) is 0 Å². The molecule has 0 radical (unpaired) electrons. The maximum absolute atomic E-state index is 12.2. The third-order valence-corrected chi connectivity index (χ3v) is 5.59. The van der Waals surface area contributed by atoms with Crippen LogP contribution in [0.25, 0.3) is 0 Å². The lowest BCUT2D eigenvalue weighted by molar-refractivity contribution is -0.123. The van der Waals surface area contributed by atoms with Crippen LogP contribution < -0.4 is 14.8 Å². The second-order valence-corrected chi connectivity index (χ2v) is 8.83. The van der Waals surface area contributed by atoms with Crippen molar-refractivity contribution in [2.45, 2.75) is 26.4 Å². The van der Waals surface area contributed by atoms with Crippen molar-refractivity contribution in [3.8, 4) is 11.5 Å². The van der Waals surface area contributed by atoms with E-state index in [1.807, 2.05) is 38.1 Å². The van der Waals surface area contributed by atoms with E-state index in [2.05, 4.69) is 5.32 Å². The molecule has 0 aromatic heterocycles. The van der Waals surface area contributed by atoms with E-state index in [1.165, 1.54) is 11.4 Å².